The second-order valence-corrected chi connectivity index (χ2v) is 6.68. The second kappa shape index (κ2) is 7.92. The van der Waals surface area contributed by atoms with Gasteiger partial charge in [-0.3, -0.25) is 24.0 Å². The van der Waals surface area contributed by atoms with E-state index in [1.807, 2.05) is 0 Å². The minimum absolute atomic E-state index is 0.192. The average Bonchev–Trinajstić information content (AvgIpc) is 2.94. The summed E-state index contributed by atoms with van der Waals surface area (Å²) in [5.74, 6) is -6.56. The number of carbonyl (C=O) groups is 1. The van der Waals surface area contributed by atoms with Gasteiger partial charge in [-0.1, -0.05) is 0 Å². The molecule has 1 aliphatic heterocycles. The fourth-order valence-electron chi connectivity index (χ4n) is 2.72. The van der Waals surface area contributed by atoms with E-state index in [4.69, 9.17) is 5.73 Å². The van der Waals surface area contributed by atoms with Gasteiger partial charge in [0.25, 0.3) is 5.56 Å². The molecule has 2 rings (SSSR count). The highest BCUT2D eigenvalue weighted by atomic mass is 19.4. The Labute approximate surface area is 168 Å². The van der Waals surface area contributed by atoms with Gasteiger partial charge >= 0.3 is 18.3 Å². The number of rotatable bonds is 5. The Hall–Kier alpha value is -3.00. The summed E-state index contributed by atoms with van der Waals surface area (Å²) in [5.41, 5.74) is -0.134. The molecule has 1 aromatic rings. The smallest absolute Gasteiger partial charge is 0.404 e. The average molecular weight is 461 g/mol. The predicted molar refractivity (Wildman–Crippen MR) is 92.6 cm³/mol. The van der Waals surface area contributed by atoms with Gasteiger partial charge in [-0.2, -0.15) is 35.1 Å². The monoisotopic (exact) mass is 461 g/mol. The number of hydrogen-bond acceptors (Lipinski definition) is 5. The normalized spacial score (nSPS) is 16.0. The molecular weight excluding hydrogens is 446 g/mol. The van der Waals surface area contributed by atoms with Crippen LogP contribution in [0, 0.1) is 0 Å². The van der Waals surface area contributed by atoms with Crippen LogP contribution in [0.2, 0.25) is 0 Å². The van der Waals surface area contributed by atoms with Gasteiger partial charge < -0.3 is 5.73 Å². The van der Waals surface area contributed by atoms with Crippen molar-refractivity contribution in [2.45, 2.75) is 44.7 Å². The van der Waals surface area contributed by atoms with Gasteiger partial charge in [0.1, 0.15) is 13.1 Å². The third-order valence-electron chi connectivity index (χ3n) is 4.11. The van der Waals surface area contributed by atoms with E-state index in [0.717, 1.165) is 4.90 Å². The third-order valence-corrected chi connectivity index (χ3v) is 4.11. The van der Waals surface area contributed by atoms with E-state index in [1.165, 1.54) is 13.8 Å². The Morgan fingerprint density at radius 1 is 1.16 bits per heavy atom. The van der Waals surface area contributed by atoms with Crippen molar-refractivity contribution in [3.63, 3.8) is 0 Å². The van der Waals surface area contributed by atoms with E-state index < -0.39 is 71.7 Å². The predicted octanol–water partition coefficient (Wildman–Crippen LogP) is 2.59. The van der Waals surface area contributed by atoms with Crippen molar-refractivity contribution in [2.24, 2.45) is 10.7 Å². The molecule has 0 saturated heterocycles. The first-order valence-electron chi connectivity index (χ1n) is 8.43. The van der Waals surface area contributed by atoms with Crippen LogP contribution in [0.3, 0.4) is 0 Å². The van der Waals surface area contributed by atoms with Crippen molar-refractivity contribution in [3.05, 3.63) is 27.8 Å². The molecule has 2 N–H and O–H groups in total. The molecule has 7 nitrogen and oxygen atoms in total. The molecule has 0 aliphatic carbocycles. The van der Waals surface area contributed by atoms with Gasteiger partial charge in [-0.25, -0.2) is 4.98 Å². The maximum absolute atomic E-state index is 13.6. The SMILES string of the molecule is CC(C)N1C(=O)Cn2c1nc(C(F)(F)F)c(C(C=NCC(F)(F)C(F)(F)F)=CN)c2=O. The van der Waals surface area contributed by atoms with Crippen molar-refractivity contribution in [1.82, 2.24) is 9.55 Å². The van der Waals surface area contributed by atoms with Crippen LogP contribution in [-0.4, -0.2) is 46.4 Å². The minimum Gasteiger partial charge on any atom is -0.404 e. The number of fused-ring (bicyclic) bond motifs is 1. The van der Waals surface area contributed by atoms with Crippen molar-refractivity contribution < 1.29 is 39.9 Å². The van der Waals surface area contributed by atoms with Gasteiger partial charge in [-0.05, 0) is 13.8 Å². The largest absolute Gasteiger partial charge is 0.455 e. The van der Waals surface area contributed by atoms with E-state index in [0.29, 0.717) is 10.8 Å². The molecule has 0 saturated carbocycles. The van der Waals surface area contributed by atoms with E-state index in [-0.39, 0.29) is 6.21 Å². The Bertz CT molecular complexity index is 991. The first-order valence-corrected chi connectivity index (χ1v) is 8.43. The van der Waals surface area contributed by atoms with Gasteiger partial charge in [0.2, 0.25) is 11.9 Å². The van der Waals surface area contributed by atoms with Crippen LogP contribution in [-0.2, 0) is 17.5 Å². The standard InChI is InChI=1S/C16H15F8N5O2/c1-7(2)29-9(30)5-28-12(31)10(11(15(19,20)21)27-13(28)29)8(3-25)4-26-6-14(17,18)16(22,23)24/h3-4,7H,5-6,25H2,1-2H3. The van der Waals surface area contributed by atoms with Crippen molar-refractivity contribution in [1.29, 1.82) is 0 Å². The molecule has 1 aromatic heterocycles. The lowest BCUT2D eigenvalue weighted by molar-refractivity contribution is -0.276. The molecule has 0 unspecified atom stereocenters. The lowest BCUT2D eigenvalue weighted by Crippen LogP contribution is -2.39. The number of anilines is 1. The van der Waals surface area contributed by atoms with E-state index in [9.17, 15) is 44.7 Å². The zero-order chi connectivity index (χ0) is 23.9. The van der Waals surface area contributed by atoms with E-state index in [1.54, 1.807) is 0 Å². The second-order valence-electron chi connectivity index (χ2n) is 6.68. The number of hydrogen-bond donors (Lipinski definition) is 1. The molecule has 0 atom stereocenters. The molecule has 0 aromatic carbocycles. The number of nitrogens with zero attached hydrogens (tertiary/aromatic N) is 4. The lowest BCUT2D eigenvalue weighted by atomic mass is 10.1. The summed E-state index contributed by atoms with van der Waals surface area (Å²) in [6, 6.07) is -0.643. The summed E-state index contributed by atoms with van der Waals surface area (Å²) in [6.45, 7) is 0.152. The van der Waals surface area contributed by atoms with Crippen LogP contribution < -0.4 is 16.2 Å². The fraction of sp³-hybridized carbons (Fsp3) is 0.500. The molecule has 0 fully saturated rings. The number of aromatic nitrogens is 2. The molecule has 172 valence electrons. The first kappa shape index (κ1) is 24.3. The molecule has 0 radical (unpaired) electrons. The van der Waals surface area contributed by atoms with Crippen molar-refractivity contribution in [2.75, 3.05) is 11.4 Å². The number of alkyl halides is 8. The Morgan fingerprint density at radius 2 is 1.74 bits per heavy atom. The number of allylic oxidation sites excluding steroid dienone is 1. The molecule has 0 spiro atoms. The fourth-order valence-corrected chi connectivity index (χ4v) is 2.72. The molecule has 0 bridgehead atoms. The molecular formula is C16H15F8N5O2. The summed E-state index contributed by atoms with van der Waals surface area (Å²) in [4.78, 5) is 31.9. The number of amides is 1. The maximum atomic E-state index is 13.6. The highest BCUT2D eigenvalue weighted by Crippen LogP contribution is 2.36. The first-order chi connectivity index (χ1) is 14.0. The maximum Gasteiger partial charge on any atom is 0.455 e. The number of carbonyl (C=O) groups excluding carboxylic acids is 1. The van der Waals surface area contributed by atoms with E-state index in [2.05, 4.69) is 9.98 Å². The highest BCUT2D eigenvalue weighted by Gasteiger charge is 2.57. The van der Waals surface area contributed by atoms with Crippen LogP contribution in [0.25, 0.3) is 5.57 Å². The highest BCUT2D eigenvalue weighted by molar-refractivity contribution is 6.10. The summed E-state index contributed by atoms with van der Waals surface area (Å²) in [5, 5.41) is 0. The van der Waals surface area contributed by atoms with Crippen LogP contribution in [0.15, 0.2) is 16.0 Å². The Kier molecular flexibility index (Phi) is 6.20. The van der Waals surface area contributed by atoms with Crippen LogP contribution >= 0.6 is 0 Å². The Morgan fingerprint density at radius 3 is 2.19 bits per heavy atom. The Balaban J connectivity index is 2.63. The van der Waals surface area contributed by atoms with Crippen molar-refractivity contribution >= 4 is 23.6 Å². The van der Waals surface area contributed by atoms with Gasteiger partial charge in [0.15, 0.2) is 5.69 Å². The number of halogens is 8. The molecule has 2 heterocycles. The summed E-state index contributed by atoms with van der Waals surface area (Å²) in [7, 11) is 0. The minimum atomic E-state index is -5.94. The van der Waals surface area contributed by atoms with Gasteiger partial charge in [0.05, 0.1) is 5.56 Å². The summed E-state index contributed by atoms with van der Waals surface area (Å²) >= 11 is 0. The summed E-state index contributed by atoms with van der Waals surface area (Å²) in [6.07, 6.45) is -10.6. The van der Waals surface area contributed by atoms with Crippen LogP contribution in [0.4, 0.5) is 41.1 Å². The van der Waals surface area contributed by atoms with Crippen molar-refractivity contribution in [3.8, 4) is 0 Å². The third kappa shape index (κ3) is 4.54. The molecule has 1 amide bonds. The van der Waals surface area contributed by atoms with E-state index >= 15 is 0 Å². The van der Waals surface area contributed by atoms with Gasteiger partial charge in [0, 0.05) is 24.0 Å². The zero-order valence-electron chi connectivity index (χ0n) is 15.9. The molecule has 15 heteroatoms. The topological polar surface area (TPSA) is 93.6 Å². The molecule has 31 heavy (non-hydrogen) atoms. The summed E-state index contributed by atoms with van der Waals surface area (Å²) < 4.78 is 104. The lowest BCUT2D eigenvalue weighted by Gasteiger charge is -2.21. The molecule has 1 aliphatic rings. The number of aliphatic imine (C=N–C) groups is 1. The quantitative estimate of drug-likeness (QED) is 0.539. The van der Waals surface area contributed by atoms with Crippen LogP contribution in [0.1, 0.15) is 25.1 Å². The number of nitrogens with two attached hydrogens (primary N) is 1. The van der Waals surface area contributed by atoms with Gasteiger partial charge in [-0.15, -0.1) is 0 Å². The van der Waals surface area contributed by atoms with Crippen LogP contribution in [0.5, 0.6) is 0 Å². The zero-order valence-corrected chi connectivity index (χ0v) is 15.9.